The van der Waals surface area contributed by atoms with Crippen LogP contribution in [0.15, 0.2) is 24.3 Å². The largest absolute Gasteiger partial charge is 0.350 e. The topological polar surface area (TPSA) is 41.1 Å². The fourth-order valence-electron chi connectivity index (χ4n) is 1.48. The third kappa shape index (κ3) is 5.52. The van der Waals surface area contributed by atoms with Gasteiger partial charge >= 0.3 is 0 Å². The Morgan fingerprint density at radius 2 is 2.11 bits per heavy atom. The van der Waals surface area contributed by atoms with E-state index in [1.165, 1.54) is 0 Å². The van der Waals surface area contributed by atoms with Gasteiger partial charge in [-0.3, -0.25) is 4.79 Å². The van der Waals surface area contributed by atoms with Crippen LogP contribution in [-0.2, 0) is 11.3 Å². The maximum absolute atomic E-state index is 11.7. The van der Waals surface area contributed by atoms with Crippen LogP contribution in [0.4, 0.5) is 0 Å². The highest BCUT2D eigenvalue weighted by atomic mass is 35.5. The van der Waals surface area contributed by atoms with E-state index in [9.17, 15) is 4.79 Å². The lowest BCUT2D eigenvalue weighted by Gasteiger charge is -2.24. The molecule has 1 rings (SSSR count). The Bertz CT molecular complexity index is 405. The van der Waals surface area contributed by atoms with Crippen molar-refractivity contribution in [2.45, 2.75) is 39.3 Å². The van der Waals surface area contributed by atoms with Crippen LogP contribution in [0.3, 0.4) is 0 Å². The van der Waals surface area contributed by atoms with Crippen LogP contribution in [-0.4, -0.2) is 18.0 Å². The fourth-order valence-corrected chi connectivity index (χ4v) is 1.69. The maximum Gasteiger partial charge on any atom is 0.234 e. The van der Waals surface area contributed by atoms with Gasteiger partial charge in [-0.15, -0.1) is 0 Å². The zero-order chi connectivity index (χ0) is 13.6. The summed E-state index contributed by atoms with van der Waals surface area (Å²) in [5.74, 6) is 0.0175. The Hall–Kier alpha value is -1.06. The van der Waals surface area contributed by atoms with Crippen molar-refractivity contribution in [1.29, 1.82) is 0 Å². The molecule has 0 fully saturated rings. The molecule has 0 aliphatic heterocycles. The molecular weight excluding hydrogens is 248 g/mol. The molecule has 0 spiro atoms. The van der Waals surface area contributed by atoms with Crippen molar-refractivity contribution in [2.24, 2.45) is 0 Å². The van der Waals surface area contributed by atoms with Gasteiger partial charge in [0.25, 0.3) is 0 Å². The average molecular weight is 269 g/mol. The monoisotopic (exact) mass is 268 g/mol. The Kier molecular flexibility index (Phi) is 5.63. The quantitative estimate of drug-likeness (QED) is 0.833. The van der Waals surface area contributed by atoms with Crippen molar-refractivity contribution in [3.05, 3.63) is 34.9 Å². The summed E-state index contributed by atoms with van der Waals surface area (Å²) < 4.78 is 0. The molecular formula is C14H21ClN2O. The van der Waals surface area contributed by atoms with E-state index >= 15 is 0 Å². The Labute approximate surface area is 114 Å². The summed E-state index contributed by atoms with van der Waals surface area (Å²) in [6.07, 6.45) is 0.910. The van der Waals surface area contributed by atoms with Gasteiger partial charge < -0.3 is 10.6 Å². The molecule has 0 heterocycles. The van der Waals surface area contributed by atoms with Crippen LogP contribution >= 0.6 is 11.6 Å². The van der Waals surface area contributed by atoms with E-state index < -0.39 is 0 Å². The maximum atomic E-state index is 11.7. The molecule has 0 radical (unpaired) electrons. The molecule has 0 unspecified atom stereocenters. The molecule has 1 aromatic carbocycles. The standard InChI is InChI=1S/C14H21ClN2O/c1-4-14(2,3)17-13(18)10-16-9-11-6-5-7-12(15)8-11/h5-8,16H,4,9-10H2,1-3H3,(H,17,18). The van der Waals surface area contributed by atoms with Crippen molar-refractivity contribution in [3.63, 3.8) is 0 Å². The average Bonchev–Trinajstić information content (AvgIpc) is 2.28. The molecule has 0 saturated carbocycles. The second kappa shape index (κ2) is 6.76. The number of amides is 1. The minimum atomic E-state index is -0.144. The van der Waals surface area contributed by atoms with E-state index in [1.807, 2.05) is 38.1 Å². The Balaban J connectivity index is 2.32. The lowest BCUT2D eigenvalue weighted by atomic mass is 10.0. The van der Waals surface area contributed by atoms with Crippen molar-refractivity contribution in [2.75, 3.05) is 6.54 Å². The van der Waals surface area contributed by atoms with Crippen LogP contribution in [0.1, 0.15) is 32.8 Å². The molecule has 1 aromatic rings. The van der Waals surface area contributed by atoms with E-state index in [0.717, 1.165) is 12.0 Å². The van der Waals surface area contributed by atoms with Crippen molar-refractivity contribution in [3.8, 4) is 0 Å². The third-order valence-corrected chi connectivity index (χ3v) is 3.10. The van der Waals surface area contributed by atoms with Gasteiger partial charge in [0, 0.05) is 17.1 Å². The van der Waals surface area contributed by atoms with Crippen molar-refractivity contribution in [1.82, 2.24) is 10.6 Å². The molecule has 1 amide bonds. The van der Waals surface area contributed by atoms with Crippen LogP contribution in [0.25, 0.3) is 0 Å². The minimum Gasteiger partial charge on any atom is -0.350 e. The molecule has 18 heavy (non-hydrogen) atoms. The zero-order valence-corrected chi connectivity index (χ0v) is 12.0. The van der Waals surface area contributed by atoms with Gasteiger partial charge in [-0.1, -0.05) is 30.7 Å². The molecule has 0 aliphatic rings. The van der Waals surface area contributed by atoms with E-state index in [4.69, 9.17) is 11.6 Å². The van der Waals surface area contributed by atoms with Crippen molar-refractivity contribution >= 4 is 17.5 Å². The highest BCUT2D eigenvalue weighted by Crippen LogP contribution is 2.10. The van der Waals surface area contributed by atoms with E-state index in [0.29, 0.717) is 18.1 Å². The first-order chi connectivity index (χ1) is 8.43. The predicted molar refractivity (Wildman–Crippen MR) is 75.7 cm³/mol. The minimum absolute atomic E-state index is 0.0175. The number of benzene rings is 1. The molecule has 2 N–H and O–H groups in total. The molecule has 0 bridgehead atoms. The van der Waals surface area contributed by atoms with Gasteiger partial charge in [-0.2, -0.15) is 0 Å². The first kappa shape index (κ1) is 15.0. The lowest BCUT2D eigenvalue weighted by molar-refractivity contribution is -0.121. The van der Waals surface area contributed by atoms with E-state index in [2.05, 4.69) is 17.6 Å². The molecule has 0 aliphatic carbocycles. The van der Waals surface area contributed by atoms with Crippen LogP contribution in [0, 0.1) is 0 Å². The number of nitrogens with one attached hydrogen (secondary N) is 2. The highest BCUT2D eigenvalue weighted by Gasteiger charge is 2.16. The highest BCUT2D eigenvalue weighted by molar-refractivity contribution is 6.30. The van der Waals surface area contributed by atoms with Crippen LogP contribution in [0.2, 0.25) is 5.02 Å². The van der Waals surface area contributed by atoms with Crippen LogP contribution in [0.5, 0.6) is 0 Å². The van der Waals surface area contributed by atoms with Crippen LogP contribution < -0.4 is 10.6 Å². The van der Waals surface area contributed by atoms with Gasteiger partial charge in [-0.05, 0) is 38.0 Å². The molecule has 0 aromatic heterocycles. The van der Waals surface area contributed by atoms with Gasteiger partial charge in [0.2, 0.25) is 5.91 Å². The third-order valence-electron chi connectivity index (χ3n) is 2.87. The smallest absolute Gasteiger partial charge is 0.234 e. The molecule has 0 atom stereocenters. The number of carbonyl (C=O) groups is 1. The zero-order valence-electron chi connectivity index (χ0n) is 11.2. The van der Waals surface area contributed by atoms with E-state index in [-0.39, 0.29) is 11.4 Å². The molecule has 4 heteroatoms. The Morgan fingerprint density at radius 3 is 2.72 bits per heavy atom. The molecule has 100 valence electrons. The normalized spacial score (nSPS) is 11.3. The Morgan fingerprint density at radius 1 is 1.39 bits per heavy atom. The number of halogens is 1. The van der Waals surface area contributed by atoms with Gasteiger partial charge in [0.1, 0.15) is 0 Å². The summed E-state index contributed by atoms with van der Waals surface area (Å²) in [6, 6.07) is 7.61. The van der Waals surface area contributed by atoms with Gasteiger partial charge in [0.15, 0.2) is 0 Å². The number of hydrogen-bond acceptors (Lipinski definition) is 2. The number of rotatable bonds is 6. The SMILES string of the molecule is CCC(C)(C)NC(=O)CNCc1cccc(Cl)c1. The fraction of sp³-hybridized carbons (Fsp3) is 0.500. The summed E-state index contributed by atoms with van der Waals surface area (Å²) >= 11 is 5.89. The van der Waals surface area contributed by atoms with Gasteiger partial charge in [0.05, 0.1) is 6.54 Å². The summed E-state index contributed by atoms with van der Waals surface area (Å²) in [5.41, 5.74) is 0.930. The van der Waals surface area contributed by atoms with E-state index in [1.54, 1.807) is 0 Å². The summed E-state index contributed by atoms with van der Waals surface area (Å²) in [4.78, 5) is 11.7. The molecule has 3 nitrogen and oxygen atoms in total. The first-order valence-electron chi connectivity index (χ1n) is 6.19. The lowest BCUT2D eigenvalue weighted by Crippen LogP contribution is -2.46. The summed E-state index contributed by atoms with van der Waals surface area (Å²) in [6.45, 7) is 7.04. The molecule has 0 saturated heterocycles. The summed E-state index contributed by atoms with van der Waals surface area (Å²) in [7, 11) is 0. The number of carbonyl (C=O) groups excluding carboxylic acids is 1. The summed E-state index contributed by atoms with van der Waals surface area (Å²) in [5, 5.41) is 6.79. The second-order valence-corrected chi connectivity index (χ2v) is 5.46. The second-order valence-electron chi connectivity index (χ2n) is 5.02. The van der Waals surface area contributed by atoms with Crippen molar-refractivity contribution < 1.29 is 4.79 Å². The predicted octanol–water partition coefficient (Wildman–Crippen LogP) is 2.73. The number of hydrogen-bond donors (Lipinski definition) is 2. The first-order valence-corrected chi connectivity index (χ1v) is 6.57. The van der Waals surface area contributed by atoms with Gasteiger partial charge in [-0.25, -0.2) is 0 Å².